The van der Waals surface area contributed by atoms with Crippen LogP contribution in [-0.2, 0) is 0 Å². The summed E-state index contributed by atoms with van der Waals surface area (Å²) in [5, 5.41) is 30.7. The summed E-state index contributed by atoms with van der Waals surface area (Å²) in [5.41, 5.74) is 30.4. The first-order valence-electron chi connectivity index (χ1n) is 49.8. The molecule has 0 saturated carbocycles. The van der Waals surface area contributed by atoms with E-state index in [1.807, 2.05) is 0 Å². The van der Waals surface area contributed by atoms with Gasteiger partial charge in [-0.2, -0.15) is 0 Å². The summed E-state index contributed by atoms with van der Waals surface area (Å²) in [6, 6.07) is 211. The second kappa shape index (κ2) is 38.6. The molecule has 0 nitrogen and oxygen atoms in total. The Labute approximate surface area is 838 Å². The quantitative estimate of drug-likeness (QED) is 0.107. The molecule has 672 valence electrons. The van der Waals surface area contributed by atoms with Crippen molar-refractivity contribution in [1.29, 1.82) is 0 Å². The number of fused-ring (bicyclic) bond motifs is 12. The van der Waals surface area contributed by atoms with E-state index in [4.69, 9.17) is 0 Å². The molecule has 0 radical (unpaired) electrons. The van der Waals surface area contributed by atoms with Gasteiger partial charge in [-0.05, 0) is 287 Å². The number of hydrogen-bond donors (Lipinski definition) is 0. The van der Waals surface area contributed by atoms with Crippen LogP contribution < -0.4 is 0 Å². The van der Waals surface area contributed by atoms with E-state index < -0.39 is 0 Å². The maximum absolute atomic E-state index is 2.36. The normalized spacial score (nSPS) is 11.3. The van der Waals surface area contributed by atoms with Crippen molar-refractivity contribution in [2.45, 2.75) is 0 Å². The molecule has 28 aromatic rings. The Kier molecular flexibility index (Phi) is 23.3. The molecule has 28 rings (SSSR count). The van der Waals surface area contributed by atoms with Gasteiger partial charge >= 0.3 is 0 Å². The summed E-state index contributed by atoms with van der Waals surface area (Å²) in [6.45, 7) is 0. The van der Waals surface area contributed by atoms with Gasteiger partial charge in [0.15, 0.2) is 0 Å². The molecule has 0 N–H and O–H groups in total. The molecule has 0 spiro atoms. The first-order chi connectivity index (χ1) is 71.5. The average Bonchev–Trinajstić information content (AvgIpc) is 0.741. The Morgan fingerprint density at radius 3 is 0.597 bits per heavy atom. The first kappa shape index (κ1) is 86.8. The lowest BCUT2D eigenvalue weighted by atomic mass is 9.84. The van der Waals surface area contributed by atoms with Crippen molar-refractivity contribution in [3.63, 3.8) is 0 Å². The lowest BCUT2D eigenvalue weighted by molar-refractivity contribution is 1.62. The third-order valence-corrected chi connectivity index (χ3v) is 29.0. The lowest BCUT2D eigenvalue weighted by Crippen LogP contribution is -1.92. The van der Waals surface area contributed by atoms with Crippen molar-refractivity contribution in [2.24, 2.45) is 0 Å². The van der Waals surface area contributed by atoms with Crippen molar-refractivity contribution >= 4 is 129 Å². The minimum Gasteiger partial charge on any atom is -0.0622 e. The molecule has 0 amide bonds. The highest BCUT2D eigenvalue weighted by molar-refractivity contribution is 6.27. The Morgan fingerprint density at radius 2 is 0.250 bits per heavy atom. The average molecular weight is 1830 g/mol. The zero-order valence-electron chi connectivity index (χ0n) is 79.4. The SMILES string of the molecule is c1ccc(-c2c3ccccc3c(-c3ccc(-c4cccc5ccccc45)cc3)c3ccccc23)cc1.c1ccc(-c2c3ccccc3c(-c3cccc(-c4ccc5ccccc5c4)c3)c3ccccc23)cc1.c1ccc(-c2c3ccccc3c(-c3cccc(-c4cccc5ccccc45)c3)c3ccccc23)cc1.c1ccc(-c2c3ccccc3c(-c3ccccc3-c3ccc4ccccc4c3)c3ccccc23)cc1. The third kappa shape index (κ3) is 16.3. The molecule has 0 aliphatic carbocycles. The fraction of sp³-hybridized carbons (Fsp3) is 0. The maximum atomic E-state index is 2.36. The second-order valence-electron chi connectivity index (χ2n) is 37.3. The predicted molar refractivity (Wildman–Crippen MR) is 621 cm³/mol. The smallest absolute Gasteiger partial charge is 0.00201 e. The Hall–Kier alpha value is -18.7. The number of benzene rings is 28. The highest BCUT2D eigenvalue weighted by Gasteiger charge is 2.24. The zero-order chi connectivity index (χ0) is 95.6. The van der Waals surface area contributed by atoms with Crippen LogP contribution in [0.4, 0.5) is 0 Å². The van der Waals surface area contributed by atoms with Crippen molar-refractivity contribution in [3.8, 4) is 134 Å². The fourth-order valence-corrected chi connectivity index (χ4v) is 22.5. The van der Waals surface area contributed by atoms with E-state index in [1.54, 1.807) is 0 Å². The summed E-state index contributed by atoms with van der Waals surface area (Å²) in [4.78, 5) is 0. The van der Waals surface area contributed by atoms with Crippen LogP contribution in [0.5, 0.6) is 0 Å². The molecule has 0 atom stereocenters. The van der Waals surface area contributed by atoms with Crippen LogP contribution in [0.15, 0.2) is 582 Å². The summed E-state index contributed by atoms with van der Waals surface area (Å²) in [7, 11) is 0. The molecule has 0 saturated heterocycles. The standard InChI is InChI=1S/4C36H24/c1-2-13-26(14-3-1)35-31-19-6-8-21-33(31)36(34-22-9-7-20-32(34)35)28-17-10-16-27(24-28)30-23-11-15-25-12-4-5-18-29(25)30;1-2-12-27(13-3-1)35-31-16-6-8-18-33(31)36(34-19-9-7-17-32(34)35)28-23-21-26(22-24-28)30-20-10-14-25-11-4-5-15-29(25)30;1-2-12-26(13-3-1)35-31-17-6-8-19-33(31)36(34-20-9-7-18-32(34)35)30-16-10-15-28(24-30)29-22-21-25-11-4-5-14-27(25)23-29;1-2-13-26(14-3-1)35-31-18-8-10-20-33(31)36(34-21-11-9-19-32(34)35)30-17-7-6-16-29(30)28-23-22-25-12-4-5-15-27(25)24-28/h4*1-24H. The molecule has 0 unspecified atom stereocenters. The van der Waals surface area contributed by atoms with E-state index in [9.17, 15) is 0 Å². The molecule has 0 aromatic heterocycles. The lowest BCUT2D eigenvalue weighted by Gasteiger charge is -2.19. The Balaban J connectivity index is 0.000000101. The molecule has 0 bridgehead atoms. The van der Waals surface area contributed by atoms with Gasteiger partial charge in [0.25, 0.3) is 0 Å². The van der Waals surface area contributed by atoms with Gasteiger partial charge in [-0.15, -0.1) is 0 Å². The molecule has 0 fully saturated rings. The van der Waals surface area contributed by atoms with Crippen LogP contribution in [0.1, 0.15) is 0 Å². The second-order valence-corrected chi connectivity index (χ2v) is 37.3. The molecular formula is C144H96. The molecular weight excluding hydrogens is 1730 g/mol. The molecule has 144 heavy (non-hydrogen) atoms. The Bertz CT molecular complexity index is 9470. The van der Waals surface area contributed by atoms with Gasteiger partial charge in [0, 0.05) is 0 Å². The minimum atomic E-state index is 1.23. The first-order valence-corrected chi connectivity index (χ1v) is 49.8. The van der Waals surface area contributed by atoms with E-state index >= 15 is 0 Å². The zero-order valence-corrected chi connectivity index (χ0v) is 79.4. The number of rotatable bonds is 12. The molecule has 0 aliphatic heterocycles. The van der Waals surface area contributed by atoms with Crippen LogP contribution in [0, 0.1) is 0 Å². The highest BCUT2D eigenvalue weighted by Crippen LogP contribution is 2.52. The van der Waals surface area contributed by atoms with Crippen LogP contribution >= 0.6 is 0 Å². The summed E-state index contributed by atoms with van der Waals surface area (Å²) in [6.07, 6.45) is 0. The maximum Gasteiger partial charge on any atom is -0.00201 e. The van der Waals surface area contributed by atoms with E-state index in [0.29, 0.717) is 0 Å². The molecule has 0 aliphatic rings. The van der Waals surface area contributed by atoms with Crippen LogP contribution in [0.25, 0.3) is 263 Å². The summed E-state index contributed by atoms with van der Waals surface area (Å²) in [5.74, 6) is 0. The van der Waals surface area contributed by atoms with Gasteiger partial charge in [0.1, 0.15) is 0 Å². The minimum absolute atomic E-state index is 1.23. The van der Waals surface area contributed by atoms with Gasteiger partial charge in [0.05, 0.1) is 0 Å². The summed E-state index contributed by atoms with van der Waals surface area (Å²) >= 11 is 0. The molecule has 0 heterocycles. The van der Waals surface area contributed by atoms with E-state index in [0.717, 1.165) is 0 Å². The number of hydrogen-bond acceptors (Lipinski definition) is 0. The van der Waals surface area contributed by atoms with Crippen molar-refractivity contribution < 1.29 is 0 Å². The van der Waals surface area contributed by atoms with E-state index in [1.165, 1.54) is 263 Å². The van der Waals surface area contributed by atoms with E-state index in [2.05, 4.69) is 582 Å². The van der Waals surface area contributed by atoms with E-state index in [-0.39, 0.29) is 0 Å². The van der Waals surface area contributed by atoms with Crippen LogP contribution in [0.3, 0.4) is 0 Å². The third-order valence-electron chi connectivity index (χ3n) is 29.0. The van der Waals surface area contributed by atoms with Gasteiger partial charge in [-0.3, -0.25) is 0 Å². The van der Waals surface area contributed by atoms with Gasteiger partial charge in [-0.1, -0.05) is 558 Å². The monoisotopic (exact) mass is 1820 g/mol. The van der Waals surface area contributed by atoms with Gasteiger partial charge in [0.2, 0.25) is 0 Å². The fourth-order valence-electron chi connectivity index (χ4n) is 22.5. The molecule has 0 heteroatoms. The predicted octanol–water partition coefficient (Wildman–Crippen LogP) is 40.6. The largest absolute Gasteiger partial charge is 0.0622 e. The Morgan fingerprint density at radius 1 is 0.0694 bits per heavy atom. The van der Waals surface area contributed by atoms with Gasteiger partial charge in [-0.25, -0.2) is 0 Å². The van der Waals surface area contributed by atoms with Crippen LogP contribution in [-0.4, -0.2) is 0 Å². The van der Waals surface area contributed by atoms with Gasteiger partial charge < -0.3 is 0 Å². The summed E-state index contributed by atoms with van der Waals surface area (Å²) < 4.78 is 0. The van der Waals surface area contributed by atoms with Crippen molar-refractivity contribution in [3.05, 3.63) is 582 Å². The van der Waals surface area contributed by atoms with Crippen LogP contribution in [0.2, 0.25) is 0 Å². The van der Waals surface area contributed by atoms with Crippen molar-refractivity contribution in [1.82, 2.24) is 0 Å². The topological polar surface area (TPSA) is 0 Å². The highest BCUT2D eigenvalue weighted by atomic mass is 14.3. The molecule has 28 aromatic carbocycles. The van der Waals surface area contributed by atoms with Crippen molar-refractivity contribution in [2.75, 3.05) is 0 Å².